The molecule has 1 aromatic carbocycles. The molecule has 0 atom stereocenters. The second kappa shape index (κ2) is 6.37. The number of hydrogen-bond acceptors (Lipinski definition) is 6. The molecular weight excluding hydrogens is 298 g/mol. The van der Waals surface area contributed by atoms with Crippen LogP contribution in [0.3, 0.4) is 0 Å². The minimum Gasteiger partial charge on any atom is -0.387 e. The molecule has 0 radical (unpaired) electrons. The zero-order valence-electron chi connectivity index (χ0n) is 11.5. The molecule has 8 nitrogen and oxygen atoms in total. The average molecular weight is 315 g/mol. The number of anilines is 1. The van der Waals surface area contributed by atoms with Crippen molar-refractivity contribution >= 4 is 21.4 Å². The Hall–Kier alpha value is -1.71. The van der Waals surface area contributed by atoms with Gasteiger partial charge < -0.3 is 10.1 Å². The molecule has 0 spiro atoms. The highest BCUT2D eigenvalue weighted by molar-refractivity contribution is 7.89. The lowest BCUT2D eigenvalue weighted by atomic mass is 10.1. The van der Waals surface area contributed by atoms with E-state index in [0.717, 1.165) is 6.07 Å². The quantitative estimate of drug-likeness (QED) is 0.621. The Morgan fingerprint density at radius 1 is 1.33 bits per heavy atom. The summed E-state index contributed by atoms with van der Waals surface area (Å²) in [6.45, 7) is 1.00. The van der Waals surface area contributed by atoms with Gasteiger partial charge in [0, 0.05) is 38.4 Å². The number of nitrogens with one attached hydrogen (secondary N) is 2. The van der Waals surface area contributed by atoms with E-state index in [1.54, 1.807) is 7.05 Å². The summed E-state index contributed by atoms with van der Waals surface area (Å²) in [5.74, 6) is 0. The van der Waals surface area contributed by atoms with E-state index < -0.39 is 14.9 Å². The largest absolute Gasteiger partial charge is 0.387 e. The van der Waals surface area contributed by atoms with Gasteiger partial charge in [0.05, 0.1) is 10.6 Å². The lowest BCUT2D eigenvalue weighted by molar-refractivity contribution is -0.385. The number of hydrogen-bond donors (Lipinski definition) is 2. The van der Waals surface area contributed by atoms with E-state index >= 15 is 0 Å². The van der Waals surface area contributed by atoms with Gasteiger partial charge >= 0.3 is 0 Å². The van der Waals surface area contributed by atoms with Crippen LogP contribution < -0.4 is 10.0 Å². The van der Waals surface area contributed by atoms with E-state index in [1.807, 2.05) is 0 Å². The van der Waals surface area contributed by atoms with Crippen molar-refractivity contribution in [3.63, 3.8) is 0 Å². The molecule has 0 unspecified atom stereocenters. The van der Waals surface area contributed by atoms with Crippen molar-refractivity contribution in [2.75, 3.05) is 25.6 Å². The third-order valence-corrected chi connectivity index (χ3v) is 4.84. The van der Waals surface area contributed by atoms with Gasteiger partial charge in [-0.05, 0) is 18.9 Å². The molecule has 1 heterocycles. The topological polar surface area (TPSA) is 111 Å². The second-order valence-electron chi connectivity index (χ2n) is 4.70. The summed E-state index contributed by atoms with van der Waals surface area (Å²) >= 11 is 0. The number of benzene rings is 1. The summed E-state index contributed by atoms with van der Waals surface area (Å²) in [5.41, 5.74) is 0.0570. The van der Waals surface area contributed by atoms with Gasteiger partial charge in [0.2, 0.25) is 10.0 Å². The van der Waals surface area contributed by atoms with Crippen LogP contribution in [0.1, 0.15) is 12.8 Å². The van der Waals surface area contributed by atoms with Crippen LogP contribution in [0.15, 0.2) is 23.1 Å². The van der Waals surface area contributed by atoms with Crippen molar-refractivity contribution < 1.29 is 18.1 Å². The molecule has 1 aliphatic rings. The van der Waals surface area contributed by atoms with Crippen LogP contribution in [0.25, 0.3) is 0 Å². The number of ether oxygens (including phenoxy) is 1. The van der Waals surface area contributed by atoms with Crippen LogP contribution in [0, 0.1) is 10.1 Å². The van der Waals surface area contributed by atoms with Crippen LogP contribution in [-0.4, -0.2) is 39.6 Å². The molecule has 9 heteroatoms. The Morgan fingerprint density at radius 3 is 2.57 bits per heavy atom. The van der Waals surface area contributed by atoms with E-state index in [2.05, 4.69) is 10.0 Å². The van der Waals surface area contributed by atoms with Crippen molar-refractivity contribution in [2.24, 2.45) is 0 Å². The first kappa shape index (κ1) is 15.7. The first-order chi connectivity index (χ1) is 9.94. The van der Waals surface area contributed by atoms with E-state index in [4.69, 9.17) is 4.74 Å². The smallest absolute Gasteiger partial charge is 0.270 e. The predicted octanol–water partition coefficient (Wildman–Crippen LogP) is 1.09. The molecule has 0 saturated carbocycles. The van der Waals surface area contributed by atoms with Crippen LogP contribution in [0.4, 0.5) is 11.4 Å². The summed E-state index contributed by atoms with van der Waals surface area (Å²) in [6.07, 6.45) is 1.17. The van der Waals surface area contributed by atoms with Gasteiger partial charge in [-0.2, -0.15) is 0 Å². The normalized spacial score (nSPS) is 16.6. The molecule has 0 aromatic heterocycles. The fourth-order valence-corrected chi connectivity index (χ4v) is 3.69. The monoisotopic (exact) mass is 315 g/mol. The molecule has 21 heavy (non-hydrogen) atoms. The molecule has 1 aliphatic heterocycles. The van der Waals surface area contributed by atoms with Crippen molar-refractivity contribution in [1.29, 1.82) is 0 Å². The second-order valence-corrected chi connectivity index (χ2v) is 6.38. The number of nitrogens with zero attached hydrogens (tertiary/aromatic N) is 1. The summed E-state index contributed by atoms with van der Waals surface area (Å²) in [6, 6.07) is 3.50. The molecular formula is C12H17N3O5S. The zero-order valence-corrected chi connectivity index (χ0v) is 12.4. The molecule has 116 valence electrons. The van der Waals surface area contributed by atoms with Crippen LogP contribution in [-0.2, 0) is 14.8 Å². The average Bonchev–Trinajstić information content (AvgIpc) is 2.47. The van der Waals surface area contributed by atoms with Gasteiger partial charge in [0.1, 0.15) is 4.90 Å². The zero-order chi connectivity index (χ0) is 15.5. The molecule has 1 aromatic rings. The molecule has 0 bridgehead atoms. The molecule has 1 saturated heterocycles. The van der Waals surface area contributed by atoms with E-state index in [0.29, 0.717) is 31.7 Å². The number of nitro groups is 1. The minimum absolute atomic E-state index is 0.120. The fourth-order valence-electron chi connectivity index (χ4n) is 2.15. The highest BCUT2D eigenvalue weighted by atomic mass is 32.2. The third kappa shape index (κ3) is 3.69. The number of sulfonamides is 1. The molecule has 1 fully saturated rings. The number of non-ortho nitro benzene ring substituents is 1. The summed E-state index contributed by atoms with van der Waals surface area (Å²) in [4.78, 5) is 10.1. The van der Waals surface area contributed by atoms with Crippen molar-refractivity contribution in [3.05, 3.63) is 28.3 Å². The van der Waals surface area contributed by atoms with Gasteiger partial charge in [-0.3, -0.25) is 10.1 Å². The van der Waals surface area contributed by atoms with Crippen molar-refractivity contribution in [2.45, 2.75) is 23.8 Å². The lowest BCUT2D eigenvalue weighted by Crippen LogP contribution is -2.39. The maximum absolute atomic E-state index is 12.4. The van der Waals surface area contributed by atoms with Gasteiger partial charge in [-0.15, -0.1) is 0 Å². The Kier molecular flexibility index (Phi) is 4.76. The summed E-state index contributed by atoms with van der Waals surface area (Å²) < 4.78 is 32.6. The SMILES string of the molecule is CNc1ccc([N+](=O)[O-])cc1S(=O)(=O)NC1CCOCC1. The predicted molar refractivity (Wildman–Crippen MR) is 76.8 cm³/mol. The maximum atomic E-state index is 12.4. The number of rotatable bonds is 5. The maximum Gasteiger partial charge on any atom is 0.270 e. The number of nitro benzene ring substituents is 1. The highest BCUT2D eigenvalue weighted by Crippen LogP contribution is 2.26. The van der Waals surface area contributed by atoms with Crippen LogP contribution in [0.5, 0.6) is 0 Å². The van der Waals surface area contributed by atoms with Gasteiger partial charge in [-0.25, -0.2) is 13.1 Å². The Labute approximate surface area is 122 Å². The molecule has 2 rings (SSSR count). The summed E-state index contributed by atoms with van der Waals surface area (Å²) in [5, 5.41) is 13.6. The van der Waals surface area contributed by atoms with Crippen molar-refractivity contribution in [1.82, 2.24) is 4.72 Å². The third-order valence-electron chi connectivity index (χ3n) is 3.28. The molecule has 0 aliphatic carbocycles. The van der Waals surface area contributed by atoms with Crippen molar-refractivity contribution in [3.8, 4) is 0 Å². The minimum atomic E-state index is -3.83. The van der Waals surface area contributed by atoms with Crippen LogP contribution in [0.2, 0.25) is 0 Å². The van der Waals surface area contributed by atoms with E-state index in [-0.39, 0.29) is 16.6 Å². The Morgan fingerprint density at radius 2 is 2.00 bits per heavy atom. The highest BCUT2D eigenvalue weighted by Gasteiger charge is 2.26. The van der Waals surface area contributed by atoms with Gasteiger partial charge in [0.15, 0.2) is 0 Å². The Balaban J connectivity index is 2.32. The fraction of sp³-hybridized carbons (Fsp3) is 0.500. The lowest BCUT2D eigenvalue weighted by Gasteiger charge is -2.23. The van der Waals surface area contributed by atoms with E-state index in [9.17, 15) is 18.5 Å². The molecule has 0 amide bonds. The van der Waals surface area contributed by atoms with Gasteiger partial charge in [0.25, 0.3) is 5.69 Å². The van der Waals surface area contributed by atoms with E-state index in [1.165, 1.54) is 12.1 Å². The van der Waals surface area contributed by atoms with Gasteiger partial charge in [-0.1, -0.05) is 0 Å². The summed E-state index contributed by atoms with van der Waals surface area (Å²) in [7, 11) is -2.27. The first-order valence-electron chi connectivity index (χ1n) is 6.50. The first-order valence-corrected chi connectivity index (χ1v) is 7.98. The molecule has 2 N–H and O–H groups in total. The van der Waals surface area contributed by atoms with Crippen LogP contribution >= 0.6 is 0 Å². The Bertz CT molecular complexity index is 626. The standard InChI is InChI=1S/C12H17N3O5S/c1-13-11-3-2-10(15(16)17)8-12(11)21(18,19)14-9-4-6-20-7-5-9/h2-3,8-9,13-14H,4-7H2,1H3.